The first-order valence-electron chi connectivity index (χ1n) is 13.4. The average Bonchev–Trinajstić information content (AvgIpc) is 3.42. The molecule has 1 aromatic carbocycles. The van der Waals surface area contributed by atoms with Crippen molar-refractivity contribution in [1.29, 1.82) is 0 Å². The highest BCUT2D eigenvalue weighted by Crippen LogP contribution is 2.31. The largest absolute Gasteiger partial charge is 0.491 e. The number of benzene rings is 1. The monoisotopic (exact) mass is 528 g/mol. The molecular weight excluding hydrogens is 488 g/mol. The fourth-order valence-electron chi connectivity index (χ4n) is 4.76. The normalized spacial score (nSPS) is 20.3. The molecule has 208 valence electrons. The van der Waals surface area contributed by atoms with Gasteiger partial charge in [0, 0.05) is 50.0 Å². The lowest BCUT2D eigenvalue weighted by molar-refractivity contribution is 0.0890. The molecule has 3 unspecified atom stereocenters. The van der Waals surface area contributed by atoms with E-state index in [1.807, 2.05) is 45.0 Å². The van der Waals surface area contributed by atoms with Crippen molar-refractivity contribution in [2.75, 3.05) is 69.9 Å². The van der Waals surface area contributed by atoms with Gasteiger partial charge in [0.15, 0.2) is 5.82 Å². The molecule has 0 aliphatic carbocycles. The summed E-state index contributed by atoms with van der Waals surface area (Å²) in [6.07, 6.45) is 0.0345. The molecule has 0 radical (unpaired) electrons. The summed E-state index contributed by atoms with van der Waals surface area (Å²) in [5.41, 5.74) is 1.77. The quantitative estimate of drug-likeness (QED) is 0.423. The minimum atomic E-state index is -0.606. The third kappa shape index (κ3) is 6.83. The van der Waals surface area contributed by atoms with E-state index in [1.54, 1.807) is 11.9 Å². The van der Waals surface area contributed by atoms with Crippen molar-refractivity contribution in [3.05, 3.63) is 29.8 Å². The van der Waals surface area contributed by atoms with Crippen LogP contribution in [-0.4, -0.2) is 104 Å². The van der Waals surface area contributed by atoms with Gasteiger partial charge in [0.1, 0.15) is 30.1 Å². The molecule has 3 heterocycles. The highest BCUT2D eigenvalue weighted by Gasteiger charge is 2.31. The number of piperazine rings is 1. The maximum absolute atomic E-state index is 12.4. The molecular formula is C27H40N6O5. The summed E-state index contributed by atoms with van der Waals surface area (Å²) in [4.78, 5) is 26.3. The molecule has 0 saturated carbocycles. The fraction of sp³-hybridized carbons (Fsp3) is 0.593. The molecule has 3 atom stereocenters. The Morgan fingerprint density at radius 2 is 2.16 bits per heavy atom. The zero-order chi connectivity index (χ0) is 27.1. The van der Waals surface area contributed by atoms with Gasteiger partial charge in [0.05, 0.1) is 19.3 Å². The molecule has 11 nitrogen and oxygen atoms in total. The number of ether oxygens (including phenoxy) is 3. The Kier molecular flexibility index (Phi) is 9.59. The van der Waals surface area contributed by atoms with Crippen LogP contribution in [0, 0.1) is 6.92 Å². The Balaban J connectivity index is 1.61. The minimum Gasteiger partial charge on any atom is -0.491 e. The van der Waals surface area contributed by atoms with E-state index in [1.165, 1.54) is 0 Å². The Morgan fingerprint density at radius 3 is 2.87 bits per heavy atom. The van der Waals surface area contributed by atoms with Gasteiger partial charge in [0.25, 0.3) is 0 Å². The summed E-state index contributed by atoms with van der Waals surface area (Å²) in [5.74, 6) is 2.83. The minimum absolute atomic E-state index is 0.0268. The predicted molar refractivity (Wildman–Crippen MR) is 146 cm³/mol. The van der Waals surface area contributed by atoms with Crippen molar-refractivity contribution in [3.63, 3.8) is 0 Å². The number of amides is 1. The number of aliphatic hydroxyl groups excluding tert-OH is 1. The molecule has 3 N–H and O–H groups in total. The molecule has 0 bridgehead atoms. The van der Waals surface area contributed by atoms with Crippen LogP contribution in [0.3, 0.4) is 0 Å². The fourth-order valence-corrected chi connectivity index (χ4v) is 4.76. The van der Waals surface area contributed by atoms with E-state index in [-0.39, 0.29) is 24.8 Å². The van der Waals surface area contributed by atoms with E-state index in [0.29, 0.717) is 51.0 Å². The lowest BCUT2D eigenvalue weighted by Gasteiger charge is -2.40. The predicted octanol–water partition coefficient (Wildman–Crippen LogP) is 2.28. The molecule has 2 fully saturated rings. The van der Waals surface area contributed by atoms with E-state index in [9.17, 15) is 9.90 Å². The second kappa shape index (κ2) is 13.1. The van der Waals surface area contributed by atoms with E-state index in [2.05, 4.69) is 15.5 Å². The van der Waals surface area contributed by atoms with Gasteiger partial charge in [-0.2, -0.15) is 0 Å². The third-order valence-electron chi connectivity index (χ3n) is 6.79. The number of likely N-dealkylation sites (N-methyl/N-ethyl adjacent to an activating group) is 1. The number of carbonyl (C=O) groups excluding carboxylic acids is 1. The number of anilines is 2. The number of carbonyl (C=O) groups is 1. The molecule has 2 saturated heterocycles. The zero-order valence-electron chi connectivity index (χ0n) is 22.8. The van der Waals surface area contributed by atoms with Crippen molar-refractivity contribution in [3.8, 4) is 17.1 Å². The average molecular weight is 529 g/mol. The zero-order valence-corrected chi connectivity index (χ0v) is 22.8. The molecule has 1 amide bonds. The lowest BCUT2D eigenvalue weighted by Crippen LogP contribution is -2.54. The number of aromatic nitrogens is 2. The number of nitrogens with one attached hydrogen (secondary N) is 2. The Labute approximate surface area is 224 Å². The van der Waals surface area contributed by atoms with Crippen LogP contribution in [-0.2, 0) is 9.47 Å². The summed E-state index contributed by atoms with van der Waals surface area (Å²) in [6, 6.07) is 7.76. The standard InChI is InChI=1S/C27H40N6O5/c1-5-37-27(35)33-11-10-32(15-18(33)2)26-19(3)24(29-21-9-12-36-16-21)30-25(31-26)20-7-6-8-23(13-20)38-17-22(34)14-28-4/h6-8,13,18,21-22,28,34H,5,9-12,14-17H2,1-4H3,(H,29,30,31). The van der Waals surface area contributed by atoms with Crippen LogP contribution >= 0.6 is 0 Å². The SMILES string of the molecule is CCOC(=O)N1CCN(c2nc(-c3cccc(OCC(O)CNC)c3)nc(NC3CCOC3)c2C)CC1C. The number of hydrogen-bond donors (Lipinski definition) is 3. The van der Waals surface area contributed by atoms with Crippen LogP contribution in [0.1, 0.15) is 25.8 Å². The lowest BCUT2D eigenvalue weighted by atomic mass is 10.1. The molecule has 1 aromatic heterocycles. The molecule has 2 aliphatic rings. The van der Waals surface area contributed by atoms with Crippen molar-refractivity contribution in [2.24, 2.45) is 0 Å². The maximum atomic E-state index is 12.4. The first-order chi connectivity index (χ1) is 18.4. The topological polar surface area (TPSA) is 121 Å². The second-order valence-corrected chi connectivity index (χ2v) is 9.79. The van der Waals surface area contributed by atoms with Gasteiger partial charge in [-0.15, -0.1) is 0 Å². The summed E-state index contributed by atoms with van der Waals surface area (Å²) in [6.45, 7) is 10.1. The number of hydrogen-bond acceptors (Lipinski definition) is 10. The highest BCUT2D eigenvalue weighted by molar-refractivity contribution is 5.70. The third-order valence-corrected chi connectivity index (χ3v) is 6.79. The Bertz CT molecular complexity index is 1080. The maximum Gasteiger partial charge on any atom is 0.410 e. The Hall–Kier alpha value is -3.15. The highest BCUT2D eigenvalue weighted by atomic mass is 16.6. The van der Waals surface area contributed by atoms with E-state index >= 15 is 0 Å². The van der Waals surface area contributed by atoms with Gasteiger partial charge in [-0.05, 0) is 46.4 Å². The number of aliphatic hydroxyl groups is 1. The van der Waals surface area contributed by atoms with Crippen molar-refractivity contribution >= 4 is 17.7 Å². The van der Waals surface area contributed by atoms with Crippen molar-refractivity contribution in [1.82, 2.24) is 20.2 Å². The molecule has 11 heteroatoms. The van der Waals surface area contributed by atoms with Gasteiger partial charge < -0.3 is 39.8 Å². The summed E-state index contributed by atoms with van der Waals surface area (Å²) in [7, 11) is 1.79. The first kappa shape index (κ1) is 27.9. The summed E-state index contributed by atoms with van der Waals surface area (Å²) in [5, 5.41) is 16.5. The molecule has 4 rings (SSSR count). The van der Waals surface area contributed by atoms with E-state index in [0.717, 1.165) is 35.8 Å². The van der Waals surface area contributed by atoms with Gasteiger partial charge in [-0.3, -0.25) is 0 Å². The van der Waals surface area contributed by atoms with Crippen LogP contribution in [0.4, 0.5) is 16.4 Å². The van der Waals surface area contributed by atoms with Crippen LogP contribution in [0.5, 0.6) is 5.75 Å². The molecule has 38 heavy (non-hydrogen) atoms. The first-order valence-corrected chi connectivity index (χ1v) is 13.4. The van der Waals surface area contributed by atoms with Gasteiger partial charge >= 0.3 is 6.09 Å². The number of nitrogens with zero attached hydrogens (tertiary/aromatic N) is 4. The van der Waals surface area contributed by atoms with Gasteiger partial charge in [-0.25, -0.2) is 14.8 Å². The van der Waals surface area contributed by atoms with Gasteiger partial charge in [-0.1, -0.05) is 12.1 Å². The summed E-state index contributed by atoms with van der Waals surface area (Å²) >= 11 is 0. The smallest absolute Gasteiger partial charge is 0.410 e. The van der Waals surface area contributed by atoms with Crippen LogP contribution in [0.2, 0.25) is 0 Å². The van der Waals surface area contributed by atoms with Crippen LogP contribution in [0.25, 0.3) is 11.4 Å². The molecule has 2 aliphatic heterocycles. The summed E-state index contributed by atoms with van der Waals surface area (Å²) < 4.78 is 16.6. The van der Waals surface area contributed by atoms with Gasteiger partial charge in [0.2, 0.25) is 0 Å². The Morgan fingerprint density at radius 1 is 1.32 bits per heavy atom. The second-order valence-electron chi connectivity index (χ2n) is 9.79. The molecule has 2 aromatic rings. The van der Waals surface area contributed by atoms with Crippen LogP contribution < -0.4 is 20.3 Å². The van der Waals surface area contributed by atoms with E-state index < -0.39 is 6.10 Å². The van der Waals surface area contributed by atoms with Crippen molar-refractivity contribution < 1.29 is 24.1 Å². The number of rotatable bonds is 10. The van der Waals surface area contributed by atoms with Crippen molar-refractivity contribution in [2.45, 2.75) is 45.4 Å². The molecule has 0 spiro atoms. The van der Waals surface area contributed by atoms with Crippen LogP contribution in [0.15, 0.2) is 24.3 Å². The van der Waals surface area contributed by atoms with E-state index in [4.69, 9.17) is 24.2 Å².